The van der Waals surface area contributed by atoms with E-state index in [-0.39, 0.29) is 6.79 Å². The lowest BCUT2D eigenvalue weighted by molar-refractivity contribution is -0.140. The van der Waals surface area contributed by atoms with Gasteiger partial charge in [-0.3, -0.25) is 0 Å². The van der Waals surface area contributed by atoms with Crippen molar-refractivity contribution in [3.05, 3.63) is 18.0 Å². The summed E-state index contributed by atoms with van der Waals surface area (Å²) in [5.41, 5.74) is 1.48. The second-order valence-electron chi connectivity index (χ2n) is 4.49. The van der Waals surface area contributed by atoms with Gasteiger partial charge in [-0.15, -0.1) is 0 Å². The van der Waals surface area contributed by atoms with Gasteiger partial charge in [-0.1, -0.05) is 6.92 Å². The Balaban J connectivity index is 2.24. The topological polar surface area (TPSA) is 73.6 Å². The molecule has 6 heteroatoms. The Bertz CT molecular complexity index is 662. The molecule has 100 valence electrons. The van der Waals surface area contributed by atoms with Gasteiger partial charge >= 0.3 is 5.97 Å². The largest absolute Gasteiger partial charge is 0.480 e. The molecule has 19 heavy (non-hydrogen) atoms. The molecule has 0 aliphatic carbocycles. The van der Waals surface area contributed by atoms with Crippen molar-refractivity contribution in [1.82, 2.24) is 9.55 Å². The van der Waals surface area contributed by atoms with Gasteiger partial charge < -0.3 is 19.1 Å². The Morgan fingerprint density at radius 1 is 1.47 bits per heavy atom. The van der Waals surface area contributed by atoms with Crippen LogP contribution in [0.15, 0.2) is 12.1 Å². The zero-order chi connectivity index (χ0) is 13.6. The van der Waals surface area contributed by atoms with Crippen LogP contribution in [-0.2, 0) is 4.79 Å². The highest BCUT2D eigenvalue weighted by atomic mass is 16.7. The number of carboxylic acid groups (broad SMARTS) is 1. The van der Waals surface area contributed by atoms with E-state index in [0.717, 1.165) is 11.0 Å². The molecule has 0 bridgehead atoms. The molecule has 1 N–H and O–H groups in total. The fourth-order valence-electron chi connectivity index (χ4n) is 2.47. The van der Waals surface area contributed by atoms with E-state index >= 15 is 0 Å². The molecule has 6 nitrogen and oxygen atoms in total. The van der Waals surface area contributed by atoms with Crippen molar-refractivity contribution in [1.29, 1.82) is 0 Å². The standard InChI is InChI=1S/C13H14N2O4/c1-3-9(13(16)17)15-7(2)14-8-4-11-12(5-10(8)15)19-6-18-11/h4-5,9H,3,6H2,1-2H3,(H,16,17). The molecule has 0 saturated heterocycles. The monoisotopic (exact) mass is 262 g/mol. The number of carboxylic acids is 1. The van der Waals surface area contributed by atoms with E-state index in [1.165, 1.54) is 0 Å². The lowest BCUT2D eigenvalue weighted by atomic mass is 10.2. The molecule has 1 unspecified atom stereocenters. The first kappa shape index (κ1) is 11.8. The first-order chi connectivity index (χ1) is 9.11. The van der Waals surface area contributed by atoms with E-state index in [2.05, 4.69) is 4.98 Å². The smallest absolute Gasteiger partial charge is 0.326 e. The Morgan fingerprint density at radius 3 is 2.79 bits per heavy atom. The van der Waals surface area contributed by atoms with E-state index in [4.69, 9.17) is 9.47 Å². The van der Waals surface area contributed by atoms with Crippen molar-refractivity contribution in [3.8, 4) is 11.5 Å². The summed E-state index contributed by atoms with van der Waals surface area (Å²) in [4.78, 5) is 15.8. The highest BCUT2D eigenvalue weighted by Gasteiger charge is 2.24. The molecule has 1 aromatic heterocycles. The van der Waals surface area contributed by atoms with Gasteiger partial charge in [0, 0.05) is 12.1 Å². The summed E-state index contributed by atoms with van der Waals surface area (Å²) < 4.78 is 12.4. The van der Waals surface area contributed by atoms with Crippen LogP contribution in [0.5, 0.6) is 11.5 Å². The maximum Gasteiger partial charge on any atom is 0.326 e. The summed E-state index contributed by atoms with van der Waals surface area (Å²) in [6.45, 7) is 3.84. The molecule has 2 heterocycles. The van der Waals surface area contributed by atoms with E-state index < -0.39 is 12.0 Å². The summed E-state index contributed by atoms with van der Waals surface area (Å²) in [6, 6.07) is 2.96. The molecule has 1 aliphatic rings. The minimum absolute atomic E-state index is 0.192. The Morgan fingerprint density at radius 2 is 2.16 bits per heavy atom. The zero-order valence-corrected chi connectivity index (χ0v) is 10.7. The van der Waals surface area contributed by atoms with Gasteiger partial charge in [0.1, 0.15) is 11.9 Å². The molecular weight excluding hydrogens is 248 g/mol. The van der Waals surface area contributed by atoms with Crippen molar-refractivity contribution in [2.75, 3.05) is 6.79 Å². The number of rotatable bonds is 3. The number of aryl methyl sites for hydroxylation is 1. The third-order valence-electron chi connectivity index (χ3n) is 3.34. The second kappa shape index (κ2) is 4.15. The fourth-order valence-corrected chi connectivity index (χ4v) is 2.47. The van der Waals surface area contributed by atoms with Crippen LogP contribution >= 0.6 is 0 Å². The molecule has 0 radical (unpaired) electrons. The molecule has 1 aromatic carbocycles. The van der Waals surface area contributed by atoms with Gasteiger partial charge in [-0.05, 0) is 13.3 Å². The quantitative estimate of drug-likeness (QED) is 0.917. The molecule has 0 spiro atoms. The van der Waals surface area contributed by atoms with Gasteiger partial charge in [0.05, 0.1) is 11.0 Å². The summed E-state index contributed by atoms with van der Waals surface area (Å²) in [5.74, 6) is 1.10. The Hall–Kier alpha value is -2.24. The number of carbonyl (C=O) groups is 1. The fraction of sp³-hybridized carbons (Fsp3) is 0.385. The van der Waals surface area contributed by atoms with Crippen molar-refractivity contribution >= 4 is 17.0 Å². The van der Waals surface area contributed by atoms with E-state index in [9.17, 15) is 9.90 Å². The van der Waals surface area contributed by atoms with Crippen molar-refractivity contribution in [3.63, 3.8) is 0 Å². The predicted octanol–water partition coefficient (Wildman–Crippen LogP) is 2.11. The van der Waals surface area contributed by atoms with Crippen LogP contribution in [-0.4, -0.2) is 27.4 Å². The minimum atomic E-state index is -0.859. The van der Waals surface area contributed by atoms with Gasteiger partial charge in [0.15, 0.2) is 11.5 Å². The minimum Gasteiger partial charge on any atom is -0.480 e. The molecule has 1 aliphatic heterocycles. The SMILES string of the molecule is CCC(C(=O)O)n1c(C)nc2cc3c(cc21)OCO3. The van der Waals surface area contributed by atoms with Crippen LogP contribution in [0.25, 0.3) is 11.0 Å². The van der Waals surface area contributed by atoms with E-state index in [1.54, 1.807) is 23.6 Å². The second-order valence-corrected chi connectivity index (χ2v) is 4.49. The number of benzene rings is 1. The van der Waals surface area contributed by atoms with Gasteiger partial charge in [0.2, 0.25) is 6.79 Å². The maximum absolute atomic E-state index is 11.4. The van der Waals surface area contributed by atoms with Crippen molar-refractivity contribution in [2.45, 2.75) is 26.3 Å². The third-order valence-corrected chi connectivity index (χ3v) is 3.34. The van der Waals surface area contributed by atoms with Gasteiger partial charge in [-0.25, -0.2) is 9.78 Å². The van der Waals surface area contributed by atoms with Crippen LogP contribution in [0.1, 0.15) is 25.2 Å². The Labute approximate surface area is 109 Å². The first-order valence-corrected chi connectivity index (χ1v) is 6.12. The molecular formula is C13H14N2O4. The van der Waals surface area contributed by atoms with E-state index in [1.807, 2.05) is 6.92 Å². The number of hydrogen-bond donors (Lipinski definition) is 1. The number of aromatic nitrogens is 2. The molecule has 0 amide bonds. The number of nitrogens with zero attached hydrogens (tertiary/aromatic N) is 2. The number of hydrogen-bond acceptors (Lipinski definition) is 4. The lowest BCUT2D eigenvalue weighted by Crippen LogP contribution is -2.19. The molecule has 2 aromatic rings. The summed E-state index contributed by atoms with van der Waals surface area (Å²) in [7, 11) is 0. The molecule has 0 fully saturated rings. The van der Waals surface area contributed by atoms with Crippen molar-refractivity contribution in [2.24, 2.45) is 0 Å². The van der Waals surface area contributed by atoms with Crippen LogP contribution in [0.4, 0.5) is 0 Å². The average molecular weight is 262 g/mol. The number of imidazole rings is 1. The first-order valence-electron chi connectivity index (χ1n) is 6.12. The average Bonchev–Trinajstić information content (AvgIpc) is 2.92. The maximum atomic E-state index is 11.4. The third kappa shape index (κ3) is 1.71. The van der Waals surface area contributed by atoms with Crippen LogP contribution in [0.2, 0.25) is 0 Å². The van der Waals surface area contributed by atoms with Crippen molar-refractivity contribution < 1.29 is 19.4 Å². The molecule has 3 rings (SSSR count). The van der Waals surface area contributed by atoms with Crippen LogP contribution in [0.3, 0.4) is 0 Å². The van der Waals surface area contributed by atoms with Gasteiger partial charge in [-0.2, -0.15) is 0 Å². The van der Waals surface area contributed by atoms with Crippen LogP contribution in [0, 0.1) is 6.92 Å². The normalized spacial score (nSPS) is 14.8. The van der Waals surface area contributed by atoms with E-state index in [0.29, 0.717) is 23.7 Å². The predicted molar refractivity (Wildman–Crippen MR) is 67.6 cm³/mol. The molecule has 0 saturated carbocycles. The lowest BCUT2D eigenvalue weighted by Gasteiger charge is -2.14. The number of aliphatic carboxylic acids is 1. The van der Waals surface area contributed by atoms with Gasteiger partial charge in [0.25, 0.3) is 0 Å². The summed E-state index contributed by atoms with van der Waals surface area (Å²) in [5, 5.41) is 9.32. The van der Waals surface area contributed by atoms with Crippen LogP contribution < -0.4 is 9.47 Å². The number of ether oxygens (including phenoxy) is 2. The Kier molecular flexibility index (Phi) is 2.58. The summed E-state index contributed by atoms with van der Waals surface area (Å²) >= 11 is 0. The number of fused-ring (bicyclic) bond motifs is 2. The highest BCUT2D eigenvalue weighted by Crippen LogP contribution is 2.37. The summed E-state index contributed by atoms with van der Waals surface area (Å²) in [6.07, 6.45) is 0.496. The highest BCUT2D eigenvalue weighted by molar-refractivity contribution is 5.83. The molecule has 1 atom stereocenters. The zero-order valence-electron chi connectivity index (χ0n) is 10.7.